The SMILES string of the molecule is N#Cc1nc(CO)cc(C(F)F)c1[N+](=O)[O-]. The molecule has 0 saturated heterocycles. The first-order valence-electron chi connectivity index (χ1n) is 3.98. The van der Waals surface area contributed by atoms with E-state index < -0.39 is 34.9 Å². The summed E-state index contributed by atoms with van der Waals surface area (Å²) in [6.45, 7) is -0.674. The van der Waals surface area contributed by atoms with Gasteiger partial charge in [0.25, 0.3) is 6.43 Å². The van der Waals surface area contributed by atoms with Gasteiger partial charge in [0, 0.05) is 0 Å². The van der Waals surface area contributed by atoms with E-state index in [9.17, 15) is 18.9 Å². The van der Waals surface area contributed by atoms with Gasteiger partial charge in [-0.05, 0) is 6.07 Å². The van der Waals surface area contributed by atoms with Gasteiger partial charge in [0.1, 0.15) is 11.6 Å². The minimum atomic E-state index is -3.11. The summed E-state index contributed by atoms with van der Waals surface area (Å²) in [5.74, 6) is 0. The summed E-state index contributed by atoms with van der Waals surface area (Å²) in [6, 6.07) is 2.06. The molecule has 0 atom stereocenters. The zero-order valence-electron chi connectivity index (χ0n) is 7.72. The van der Waals surface area contributed by atoms with E-state index in [1.807, 2.05) is 0 Å². The van der Waals surface area contributed by atoms with E-state index in [1.165, 1.54) is 6.07 Å². The second kappa shape index (κ2) is 4.59. The molecular weight excluding hydrogens is 224 g/mol. The first-order chi connectivity index (χ1) is 7.51. The number of nitro groups is 1. The van der Waals surface area contributed by atoms with Crippen LogP contribution in [-0.4, -0.2) is 15.0 Å². The molecule has 0 aliphatic rings. The highest BCUT2D eigenvalue weighted by atomic mass is 19.3. The van der Waals surface area contributed by atoms with Crippen LogP contribution in [0.25, 0.3) is 0 Å². The average Bonchev–Trinajstić information content (AvgIpc) is 2.26. The van der Waals surface area contributed by atoms with Crippen molar-refractivity contribution in [2.45, 2.75) is 13.0 Å². The van der Waals surface area contributed by atoms with Crippen molar-refractivity contribution in [1.29, 1.82) is 5.26 Å². The Labute approximate surface area is 87.9 Å². The number of aliphatic hydroxyl groups excluding tert-OH is 1. The largest absolute Gasteiger partial charge is 0.390 e. The summed E-state index contributed by atoms with van der Waals surface area (Å²) in [5, 5.41) is 27.8. The number of hydrogen-bond donors (Lipinski definition) is 1. The van der Waals surface area contributed by atoms with Gasteiger partial charge in [-0.3, -0.25) is 10.1 Å². The maximum Gasteiger partial charge on any atom is 0.314 e. The van der Waals surface area contributed by atoms with Gasteiger partial charge in [-0.15, -0.1) is 0 Å². The van der Waals surface area contributed by atoms with Crippen LogP contribution in [0.15, 0.2) is 6.07 Å². The van der Waals surface area contributed by atoms with Crippen molar-refractivity contribution in [2.24, 2.45) is 0 Å². The van der Waals surface area contributed by atoms with Crippen LogP contribution in [-0.2, 0) is 6.61 Å². The van der Waals surface area contributed by atoms with Crippen LogP contribution in [0.4, 0.5) is 14.5 Å². The van der Waals surface area contributed by atoms with Crippen LogP contribution in [0, 0.1) is 21.4 Å². The maximum absolute atomic E-state index is 12.5. The minimum Gasteiger partial charge on any atom is -0.390 e. The molecule has 1 N–H and O–H groups in total. The molecule has 6 nitrogen and oxygen atoms in total. The van der Waals surface area contributed by atoms with E-state index in [2.05, 4.69) is 4.98 Å². The lowest BCUT2D eigenvalue weighted by molar-refractivity contribution is -0.386. The Balaban J connectivity index is 3.55. The summed E-state index contributed by atoms with van der Waals surface area (Å²) >= 11 is 0. The second-order valence-electron chi connectivity index (χ2n) is 2.73. The predicted octanol–water partition coefficient (Wildman–Crippen LogP) is 1.29. The van der Waals surface area contributed by atoms with E-state index >= 15 is 0 Å². The number of aliphatic hydroxyl groups is 1. The highest BCUT2D eigenvalue weighted by molar-refractivity contribution is 5.51. The molecule has 1 aromatic heterocycles. The van der Waals surface area contributed by atoms with Crippen LogP contribution < -0.4 is 0 Å². The lowest BCUT2D eigenvalue weighted by Crippen LogP contribution is -2.04. The third-order valence-electron chi connectivity index (χ3n) is 1.76. The van der Waals surface area contributed by atoms with Gasteiger partial charge in [0.15, 0.2) is 0 Å². The van der Waals surface area contributed by atoms with E-state index in [1.54, 1.807) is 0 Å². The van der Waals surface area contributed by atoms with E-state index in [0.29, 0.717) is 6.07 Å². The molecule has 0 aliphatic heterocycles. The summed E-state index contributed by atoms with van der Waals surface area (Å²) in [7, 11) is 0. The molecule has 16 heavy (non-hydrogen) atoms. The molecule has 0 unspecified atom stereocenters. The molecule has 1 rings (SSSR count). The van der Waals surface area contributed by atoms with Gasteiger partial charge < -0.3 is 5.11 Å². The minimum absolute atomic E-state index is 0.211. The van der Waals surface area contributed by atoms with Gasteiger partial charge in [0.05, 0.1) is 17.2 Å². The lowest BCUT2D eigenvalue weighted by Gasteiger charge is -2.04. The summed E-state index contributed by atoms with van der Waals surface area (Å²) in [5.41, 5.74) is -2.88. The fourth-order valence-corrected chi connectivity index (χ4v) is 1.13. The van der Waals surface area contributed by atoms with E-state index in [0.717, 1.165) is 0 Å². The van der Waals surface area contributed by atoms with Crippen molar-refractivity contribution in [2.75, 3.05) is 0 Å². The van der Waals surface area contributed by atoms with Crippen molar-refractivity contribution in [3.8, 4) is 6.07 Å². The van der Waals surface area contributed by atoms with Crippen molar-refractivity contribution in [1.82, 2.24) is 4.98 Å². The fraction of sp³-hybridized carbons (Fsp3) is 0.250. The topological polar surface area (TPSA) is 100 Å². The zero-order valence-corrected chi connectivity index (χ0v) is 7.72. The monoisotopic (exact) mass is 229 g/mol. The summed E-state index contributed by atoms with van der Waals surface area (Å²) in [4.78, 5) is 12.8. The van der Waals surface area contributed by atoms with E-state index in [-0.39, 0.29) is 5.69 Å². The van der Waals surface area contributed by atoms with Crippen LogP contribution in [0.5, 0.6) is 0 Å². The molecule has 0 aliphatic carbocycles. The molecule has 0 spiro atoms. The smallest absolute Gasteiger partial charge is 0.314 e. The zero-order chi connectivity index (χ0) is 12.3. The van der Waals surface area contributed by atoms with Gasteiger partial charge in [-0.1, -0.05) is 0 Å². The molecule has 8 heteroatoms. The van der Waals surface area contributed by atoms with Crippen molar-refractivity contribution in [3.05, 3.63) is 33.1 Å². The Hall–Kier alpha value is -2.14. The van der Waals surface area contributed by atoms with Crippen LogP contribution in [0.3, 0.4) is 0 Å². The molecule has 0 bridgehead atoms. The normalized spacial score (nSPS) is 10.2. The highest BCUT2D eigenvalue weighted by Gasteiger charge is 2.28. The van der Waals surface area contributed by atoms with Crippen molar-refractivity contribution < 1.29 is 18.8 Å². The number of nitrogens with zero attached hydrogens (tertiary/aromatic N) is 3. The number of alkyl halides is 2. The van der Waals surface area contributed by atoms with Gasteiger partial charge >= 0.3 is 5.69 Å². The number of nitriles is 1. The van der Waals surface area contributed by atoms with Gasteiger partial charge in [-0.25, -0.2) is 13.8 Å². The Kier molecular flexibility index (Phi) is 3.42. The van der Waals surface area contributed by atoms with Crippen molar-refractivity contribution in [3.63, 3.8) is 0 Å². The van der Waals surface area contributed by atoms with E-state index in [4.69, 9.17) is 10.4 Å². The lowest BCUT2D eigenvalue weighted by atomic mass is 10.1. The van der Waals surface area contributed by atoms with Crippen LogP contribution >= 0.6 is 0 Å². The highest BCUT2D eigenvalue weighted by Crippen LogP contribution is 2.31. The number of halogens is 2. The Morgan fingerprint density at radius 2 is 2.31 bits per heavy atom. The molecule has 84 valence electrons. The summed E-state index contributed by atoms with van der Waals surface area (Å²) in [6.07, 6.45) is -3.11. The number of hydrogen-bond acceptors (Lipinski definition) is 5. The molecule has 0 saturated carbocycles. The third-order valence-corrected chi connectivity index (χ3v) is 1.76. The Bertz CT molecular complexity index is 470. The molecule has 1 heterocycles. The third kappa shape index (κ3) is 2.09. The molecule has 1 aromatic rings. The molecule has 0 fully saturated rings. The standard InChI is InChI=1S/C8H5F2N3O3/c9-8(10)5-1-4(3-14)12-6(2-11)7(5)13(15)16/h1,8,14H,3H2. The molecule has 0 radical (unpaired) electrons. The Morgan fingerprint density at radius 1 is 1.69 bits per heavy atom. The maximum atomic E-state index is 12.5. The first kappa shape index (κ1) is 11.9. The molecule has 0 aromatic carbocycles. The quantitative estimate of drug-likeness (QED) is 0.621. The average molecular weight is 229 g/mol. The molecular formula is C8H5F2N3O3. The summed E-state index contributed by atoms with van der Waals surface area (Å²) < 4.78 is 25.0. The Morgan fingerprint density at radius 3 is 2.69 bits per heavy atom. The van der Waals surface area contributed by atoms with Crippen LogP contribution in [0.1, 0.15) is 23.4 Å². The number of rotatable bonds is 3. The van der Waals surface area contributed by atoms with Crippen LogP contribution in [0.2, 0.25) is 0 Å². The second-order valence-corrected chi connectivity index (χ2v) is 2.73. The fourth-order valence-electron chi connectivity index (χ4n) is 1.13. The molecule has 0 amide bonds. The first-order valence-corrected chi connectivity index (χ1v) is 3.98. The van der Waals surface area contributed by atoms with Gasteiger partial charge in [-0.2, -0.15) is 5.26 Å². The number of aromatic nitrogens is 1. The van der Waals surface area contributed by atoms with Gasteiger partial charge in [0.2, 0.25) is 5.69 Å². The van der Waals surface area contributed by atoms with Crippen molar-refractivity contribution >= 4 is 5.69 Å². The predicted molar refractivity (Wildman–Crippen MR) is 46.5 cm³/mol. The number of pyridine rings is 1.